The van der Waals surface area contributed by atoms with Crippen LogP contribution in [0, 0.1) is 5.82 Å². The average molecular weight is 352 g/mol. The molecule has 25 heavy (non-hydrogen) atoms. The molecule has 1 aromatic carbocycles. The molecule has 1 unspecified atom stereocenters. The fourth-order valence-electron chi connectivity index (χ4n) is 3.27. The number of carbonyl (C=O) groups is 1. The Balaban J connectivity index is 2.14. The number of morpholine rings is 1. The molecule has 0 radical (unpaired) electrons. The van der Waals surface area contributed by atoms with Gasteiger partial charge in [-0.15, -0.1) is 0 Å². The molecule has 2 rings (SSSR count). The molecule has 1 aliphatic heterocycles. The largest absolute Gasteiger partial charge is 0.494 e. The van der Waals surface area contributed by atoms with Gasteiger partial charge < -0.3 is 19.7 Å². The fraction of sp³-hybridized carbons (Fsp3) is 0.632. The maximum atomic E-state index is 13.7. The Hall–Kier alpha value is -1.82. The number of hydrogen-bond donors (Lipinski definition) is 1. The molecule has 5 nitrogen and oxygen atoms in total. The van der Waals surface area contributed by atoms with Crippen molar-refractivity contribution >= 4 is 6.03 Å². The number of halogens is 1. The van der Waals surface area contributed by atoms with Crippen molar-refractivity contribution in [3.05, 3.63) is 29.6 Å². The summed E-state index contributed by atoms with van der Waals surface area (Å²) in [5, 5.41) is 2.99. The highest BCUT2D eigenvalue weighted by Gasteiger charge is 2.43. The molecule has 1 saturated heterocycles. The van der Waals surface area contributed by atoms with Crippen LogP contribution in [0.2, 0.25) is 0 Å². The quantitative estimate of drug-likeness (QED) is 0.790. The van der Waals surface area contributed by atoms with Crippen LogP contribution in [0.4, 0.5) is 9.18 Å². The van der Waals surface area contributed by atoms with E-state index in [-0.39, 0.29) is 17.9 Å². The van der Waals surface area contributed by atoms with Crippen LogP contribution in [0.3, 0.4) is 0 Å². The Kier molecular flexibility index (Phi) is 6.64. The van der Waals surface area contributed by atoms with E-state index >= 15 is 0 Å². The monoisotopic (exact) mass is 352 g/mol. The Labute approximate surface area is 149 Å². The number of benzene rings is 1. The SMILES string of the molecule is CCCCCNC(=O)N1CCOC(c2ccc(F)c(OC)c2)C1(C)C. The van der Waals surface area contributed by atoms with Crippen LogP contribution >= 0.6 is 0 Å². The summed E-state index contributed by atoms with van der Waals surface area (Å²) in [4.78, 5) is 14.4. The van der Waals surface area contributed by atoms with Gasteiger partial charge in [0.15, 0.2) is 11.6 Å². The van der Waals surface area contributed by atoms with E-state index in [0.717, 1.165) is 24.8 Å². The molecule has 1 heterocycles. The van der Waals surface area contributed by atoms with Crippen molar-refractivity contribution in [2.24, 2.45) is 0 Å². The first-order valence-corrected chi connectivity index (χ1v) is 8.92. The topological polar surface area (TPSA) is 50.8 Å². The number of unbranched alkanes of at least 4 members (excludes halogenated alkanes) is 2. The number of methoxy groups -OCH3 is 1. The molecule has 0 spiro atoms. The van der Waals surface area contributed by atoms with Crippen molar-refractivity contribution in [3.63, 3.8) is 0 Å². The van der Waals surface area contributed by atoms with Crippen molar-refractivity contribution < 1.29 is 18.7 Å². The molecular formula is C19H29FN2O3. The molecule has 1 aromatic rings. The highest BCUT2D eigenvalue weighted by Crippen LogP contribution is 2.38. The first kappa shape index (κ1) is 19.5. The average Bonchev–Trinajstić information content (AvgIpc) is 2.58. The maximum Gasteiger partial charge on any atom is 0.318 e. The number of carbonyl (C=O) groups excluding carboxylic acids is 1. The number of rotatable bonds is 6. The predicted molar refractivity (Wildman–Crippen MR) is 95.4 cm³/mol. The lowest BCUT2D eigenvalue weighted by molar-refractivity contribution is -0.0952. The van der Waals surface area contributed by atoms with E-state index in [1.54, 1.807) is 12.1 Å². The number of nitrogens with one attached hydrogen (secondary N) is 1. The van der Waals surface area contributed by atoms with E-state index in [2.05, 4.69) is 12.2 Å². The van der Waals surface area contributed by atoms with Crippen LogP contribution < -0.4 is 10.1 Å². The van der Waals surface area contributed by atoms with Gasteiger partial charge in [-0.25, -0.2) is 9.18 Å². The van der Waals surface area contributed by atoms with Crippen molar-refractivity contribution in [1.82, 2.24) is 10.2 Å². The van der Waals surface area contributed by atoms with E-state index in [1.807, 2.05) is 18.7 Å². The predicted octanol–water partition coefficient (Wildman–Crippen LogP) is 3.89. The zero-order valence-corrected chi connectivity index (χ0v) is 15.6. The first-order valence-electron chi connectivity index (χ1n) is 8.92. The summed E-state index contributed by atoms with van der Waals surface area (Å²) in [6.07, 6.45) is 2.85. The lowest BCUT2D eigenvalue weighted by Gasteiger charge is -2.47. The van der Waals surface area contributed by atoms with Gasteiger partial charge in [0.25, 0.3) is 0 Å². The summed E-state index contributed by atoms with van der Waals surface area (Å²) < 4.78 is 24.7. The summed E-state index contributed by atoms with van der Waals surface area (Å²) in [5.74, 6) is -0.233. The van der Waals surface area contributed by atoms with Crippen molar-refractivity contribution in [2.75, 3.05) is 26.8 Å². The number of ether oxygens (including phenoxy) is 2. The van der Waals surface area contributed by atoms with Gasteiger partial charge >= 0.3 is 6.03 Å². The third-order valence-corrected chi connectivity index (χ3v) is 4.72. The minimum atomic E-state index is -0.560. The zero-order chi connectivity index (χ0) is 18.4. The molecule has 140 valence electrons. The lowest BCUT2D eigenvalue weighted by atomic mass is 9.88. The van der Waals surface area contributed by atoms with Gasteiger partial charge in [0.05, 0.1) is 19.3 Å². The minimum absolute atomic E-state index is 0.0801. The molecule has 6 heteroatoms. The van der Waals surface area contributed by atoms with E-state index in [1.165, 1.54) is 13.2 Å². The summed E-state index contributed by atoms with van der Waals surface area (Å²) in [6.45, 7) is 7.72. The molecule has 0 bridgehead atoms. The Morgan fingerprint density at radius 2 is 2.20 bits per heavy atom. The molecule has 0 aliphatic carbocycles. The maximum absolute atomic E-state index is 13.7. The fourth-order valence-corrected chi connectivity index (χ4v) is 3.27. The van der Waals surface area contributed by atoms with E-state index in [0.29, 0.717) is 19.7 Å². The summed E-state index contributed by atoms with van der Waals surface area (Å²) in [7, 11) is 1.44. The lowest BCUT2D eigenvalue weighted by Crippen LogP contribution is -2.59. The number of amides is 2. The Bertz CT molecular complexity index is 592. The van der Waals surface area contributed by atoms with Gasteiger partial charge in [-0.05, 0) is 38.0 Å². The van der Waals surface area contributed by atoms with Gasteiger partial charge in [0.2, 0.25) is 0 Å². The summed E-state index contributed by atoms with van der Waals surface area (Å²) >= 11 is 0. The van der Waals surface area contributed by atoms with Gasteiger partial charge in [-0.1, -0.05) is 25.8 Å². The normalized spacial score (nSPS) is 19.6. The van der Waals surface area contributed by atoms with Gasteiger partial charge in [-0.2, -0.15) is 0 Å². The van der Waals surface area contributed by atoms with Gasteiger partial charge in [0.1, 0.15) is 6.10 Å². The highest BCUT2D eigenvalue weighted by molar-refractivity contribution is 5.75. The van der Waals surface area contributed by atoms with Crippen LogP contribution in [-0.2, 0) is 4.74 Å². The van der Waals surface area contributed by atoms with E-state index in [9.17, 15) is 9.18 Å². The third kappa shape index (κ3) is 4.42. The Morgan fingerprint density at radius 3 is 2.88 bits per heavy atom. The van der Waals surface area contributed by atoms with Crippen LogP contribution in [-0.4, -0.2) is 43.3 Å². The molecule has 2 amide bonds. The number of hydrogen-bond acceptors (Lipinski definition) is 3. The molecule has 1 aliphatic rings. The second kappa shape index (κ2) is 8.52. The van der Waals surface area contributed by atoms with E-state index in [4.69, 9.17) is 9.47 Å². The second-order valence-corrected chi connectivity index (χ2v) is 6.89. The Morgan fingerprint density at radius 1 is 1.44 bits per heavy atom. The molecule has 1 fully saturated rings. The van der Waals surface area contributed by atoms with Gasteiger partial charge in [0, 0.05) is 13.1 Å². The molecule has 1 N–H and O–H groups in total. The first-order chi connectivity index (χ1) is 11.9. The summed E-state index contributed by atoms with van der Waals surface area (Å²) in [6, 6.07) is 4.62. The number of urea groups is 1. The molecular weight excluding hydrogens is 323 g/mol. The van der Waals surface area contributed by atoms with Crippen LogP contribution in [0.15, 0.2) is 18.2 Å². The summed E-state index contributed by atoms with van der Waals surface area (Å²) in [5.41, 5.74) is 0.238. The van der Waals surface area contributed by atoms with Crippen molar-refractivity contribution in [2.45, 2.75) is 51.7 Å². The molecule has 0 saturated carbocycles. The number of nitrogens with zero attached hydrogens (tertiary/aromatic N) is 1. The van der Waals surface area contributed by atoms with Gasteiger partial charge in [-0.3, -0.25) is 0 Å². The van der Waals surface area contributed by atoms with Crippen molar-refractivity contribution in [3.8, 4) is 5.75 Å². The van der Waals surface area contributed by atoms with Crippen LogP contribution in [0.25, 0.3) is 0 Å². The third-order valence-electron chi connectivity index (χ3n) is 4.72. The molecule has 1 atom stereocenters. The second-order valence-electron chi connectivity index (χ2n) is 6.89. The van der Waals surface area contributed by atoms with Crippen molar-refractivity contribution in [1.29, 1.82) is 0 Å². The highest BCUT2D eigenvalue weighted by atomic mass is 19.1. The smallest absolute Gasteiger partial charge is 0.318 e. The van der Waals surface area contributed by atoms with E-state index < -0.39 is 11.4 Å². The zero-order valence-electron chi connectivity index (χ0n) is 15.6. The van der Waals surface area contributed by atoms with Crippen LogP contribution in [0.5, 0.6) is 5.75 Å². The standard InChI is InChI=1S/C19H29FN2O3/c1-5-6-7-10-21-18(23)22-11-12-25-17(19(22,2)3)14-8-9-15(20)16(13-14)24-4/h8-9,13,17H,5-7,10-12H2,1-4H3,(H,21,23). The van der Waals surface area contributed by atoms with Crippen LogP contribution in [0.1, 0.15) is 51.7 Å². The minimum Gasteiger partial charge on any atom is -0.494 e. The molecule has 0 aromatic heterocycles.